The van der Waals surface area contributed by atoms with Crippen LogP contribution in [0.4, 0.5) is 5.69 Å². The van der Waals surface area contributed by atoms with E-state index in [2.05, 4.69) is 0 Å². The van der Waals surface area contributed by atoms with Crippen molar-refractivity contribution in [2.24, 2.45) is 0 Å². The Morgan fingerprint density at radius 2 is 1.78 bits per heavy atom. The Balaban J connectivity index is 1.60. The van der Waals surface area contributed by atoms with E-state index in [1.165, 1.54) is 0 Å². The molecule has 0 aliphatic carbocycles. The van der Waals surface area contributed by atoms with Crippen molar-refractivity contribution in [1.29, 1.82) is 0 Å². The van der Waals surface area contributed by atoms with Crippen LogP contribution in [-0.4, -0.2) is 18.4 Å². The highest BCUT2D eigenvalue weighted by molar-refractivity contribution is 5.95. The molecule has 0 spiro atoms. The predicted octanol–water partition coefficient (Wildman–Crippen LogP) is 3.27. The van der Waals surface area contributed by atoms with E-state index in [-0.39, 0.29) is 18.3 Å². The van der Waals surface area contributed by atoms with Gasteiger partial charge in [-0.15, -0.1) is 0 Å². The standard InChI is InChI=1S/C19H19NO3/c1-14-4-6-15(7-5-14)13-19(22)23-17-10-8-16(9-11-17)20-12-2-3-18(20)21/h4-11H,2-3,12-13H2,1H3. The number of hydrogen-bond acceptors (Lipinski definition) is 3. The second kappa shape index (κ2) is 6.65. The zero-order valence-corrected chi connectivity index (χ0v) is 13.1. The lowest BCUT2D eigenvalue weighted by atomic mass is 10.1. The SMILES string of the molecule is Cc1ccc(CC(=O)Oc2ccc(N3CCCC3=O)cc2)cc1. The molecule has 118 valence electrons. The summed E-state index contributed by atoms with van der Waals surface area (Å²) in [7, 11) is 0. The summed E-state index contributed by atoms with van der Waals surface area (Å²) in [6.45, 7) is 2.76. The second-order valence-corrected chi connectivity index (χ2v) is 5.78. The van der Waals surface area contributed by atoms with Crippen LogP contribution in [0, 0.1) is 6.92 Å². The Bertz CT molecular complexity index is 704. The van der Waals surface area contributed by atoms with E-state index in [1.54, 1.807) is 17.0 Å². The zero-order valence-electron chi connectivity index (χ0n) is 13.1. The number of nitrogens with zero attached hydrogens (tertiary/aromatic N) is 1. The van der Waals surface area contributed by atoms with Crippen molar-refractivity contribution in [1.82, 2.24) is 0 Å². The maximum Gasteiger partial charge on any atom is 0.315 e. The molecule has 2 aromatic carbocycles. The largest absolute Gasteiger partial charge is 0.426 e. The van der Waals surface area contributed by atoms with Gasteiger partial charge in [0.25, 0.3) is 0 Å². The Hall–Kier alpha value is -2.62. The van der Waals surface area contributed by atoms with Crippen LogP contribution < -0.4 is 9.64 Å². The summed E-state index contributed by atoms with van der Waals surface area (Å²) in [5.41, 5.74) is 2.94. The molecule has 1 amide bonds. The number of ether oxygens (including phenoxy) is 1. The summed E-state index contributed by atoms with van der Waals surface area (Å²) in [6, 6.07) is 14.9. The smallest absolute Gasteiger partial charge is 0.315 e. The van der Waals surface area contributed by atoms with E-state index in [1.807, 2.05) is 43.3 Å². The topological polar surface area (TPSA) is 46.6 Å². The van der Waals surface area contributed by atoms with Gasteiger partial charge in [0.2, 0.25) is 5.91 Å². The normalized spacial score (nSPS) is 14.1. The third-order valence-electron chi connectivity index (χ3n) is 3.92. The van der Waals surface area contributed by atoms with Gasteiger partial charge in [-0.2, -0.15) is 0 Å². The molecule has 23 heavy (non-hydrogen) atoms. The van der Waals surface area contributed by atoms with Crippen LogP contribution >= 0.6 is 0 Å². The molecular weight excluding hydrogens is 290 g/mol. The fraction of sp³-hybridized carbons (Fsp3) is 0.263. The number of amides is 1. The van der Waals surface area contributed by atoms with Crippen LogP contribution in [0.15, 0.2) is 48.5 Å². The van der Waals surface area contributed by atoms with Crippen molar-refractivity contribution in [2.45, 2.75) is 26.2 Å². The highest BCUT2D eigenvalue weighted by Crippen LogP contribution is 2.24. The van der Waals surface area contributed by atoms with Gasteiger partial charge >= 0.3 is 5.97 Å². The molecule has 0 saturated carbocycles. The summed E-state index contributed by atoms with van der Waals surface area (Å²) in [5.74, 6) is 0.352. The molecule has 1 heterocycles. The van der Waals surface area contributed by atoms with Crippen LogP contribution in [0.5, 0.6) is 5.75 Å². The second-order valence-electron chi connectivity index (χ2n) is 5.78. The molecule has 2 aromatic rings. The van der Waals surface area contributed by atoms with Gasteiger partial charge in [-0.1, -0.05) is 29.8 Å². The Labute approximate surface area is 135 Å². The first-order valence-electron chi connectivity index (χ1n) is 7.78. The first-order valence-corrected chi connectivity index (χ1v) is 7.78. The Morgan fingerprint density at radius 3 is 2.39 bits per heavy atom. The highest BCUT2D eigenvalue weighted by atomic mass is 16.5. The van der Waals surface area contributed by atoms with E-state index < -0.39 is 0 Å². The third kappa shape index (κ3) is 3.77. The van der Waals surface area contributed by atoms with Gasteiger partial charge < -0.3 is 9.64 Å². The predicted molar refractivity (Wildman–Crippen MR) is 88.5 cm³/mol. The molecule has 1 fully saturated rings. The van der Waals surface area contributed by atoms with Crippen LogP contribution in [0.2, 0.25) is 0 Å². The molecule has 1 aliphatic rings. The average Bonchev–Trinajstić information content (AvgIpc) is 2.96. The number of hydrogen-bond donors (Lipinski definition) is 0. The summed E-state index contributed by atoms with van der Waals surface area (Å²) in [5, 5.41) is 0. The summed E-state index contributed by atoms with van der Waals surface area (Å²) < 4.78 is 5.35. The van der Waals surface area contributed by atoms with Crippen molar-refractivity contribution < 1.29 is 14.3 Å². The quantitative estimate of drug-likeness (QED) is 0.643. The number of anilines is 1. The Kier molecular flexibility index (Phi) is 4.42. The number of aryl methyl sites for hydroxylation is 1. The maximum atomic E-state index is 12.0. The fourth-order valence-corrected chi connectivity index (χ4v) is 2.66. The Morgan fingerprint density at radius 1 is 1.09 bits per heavy atom. The molecule has 0 N–H and O–H groups in total. The van der Waals surface area contributed by atoms with Gasteiger partial charge in [-0.3, -0.25) is 9.59 Å². The van der Waals surface area contributed by atoms with Gasteiger partial charge in [-0.25, -0.2) is 0 Å². The van der Waals surface area contributed by atoms with Crippen molar-refractivity contribution in [3.8, 4) is 5.75 Å². The van der Waals surface area contributed by atoms with Crippen molar-refractivity contribution in [3.05, 3.63) is 59.7 Å². The van der Waals surface area contributed by atoms with Crippen LogP contribution in [0.25, 0.3) is 0 Å². The van der Waals surface area contributed by atoms with Gasteiger partial charge in [0, 0.05) is 18.7 Å². The van der Waals surface area contributed by atoms with Gasteiger partial charge in [-0.05, 0) is 43.2 Å². The maximum absolute atomic E-state index is 12.0. The van der Waals surface area contributed by atoms with Crippen molar-refractivity contribution in [3.63, 3.8) is 0 Å². The molecule has 4 nitrogen and oxygen atoms in total. The minimum Gasteiger partial charge on any atom is -0.426 e. The van der Waals surface area contributed by atoms with Crippen molar-refractivity contribution in [2.75, 3.05) is 11.4 Å². The number of esters is 1. The molecule has 1 aliphatic heterocycles. The van der Waals surface area contributed by atoms with E-state index in [0.29, 0.717) is 12.2 Å². The zero-order chi connectivity index (χ0) is 16.2. The molecule has 1 saturated heterocycles. The van der Waals surface area contributed by atoms with E-state index in [4.69, 9.17) is 4.74 Å². The number of carbonyl (C=O) groups is 2. The number of benzene rings is 2. The van der Waals surface area contributed by atoms with Gasteiger partial charge in [0.1, 0.15) is 5.75 Å². The number of carbonyl (C=O) groups excluding carboxylic acids is 2. The van der Waals surface area contributed by atoms with Crippen LogP contribution in [0.3, 0.4) is 0 Å². The van der Waals surface area contributed by atoms with E-state index in [9.17, 15) is 9.59 Å². The van der Waals surface area contributed by atoms with E-state index >= 15 is 0 Å². The highest BCUT2D eigenvalue weighted by Gasteiger charge is 2.21. The molecule has 0 radical (unpaired) electrons. The molecule has 4 heteroatoms. The lowest BCUT2D eigenvalue weighted by Gasteiger charge is -2.15. The minimum atomic E-state index is -0.293. The monoisotopic (exact) mass is 309 g/mol. The molecular formula is C19H19NO3. The first kappa shape index (κ1) is 15.3. The lowest BCUT2D eigenvalue weighted by Crippen LogP contribution is -2.23. The third-order valence-corrected chi connectivity index (χ3v) is 3.92. The molecule has 0 atom stereocenters. The lowest BCUT2D eigenvalue weighted by molar-refractivity contribution is -0.133. The first-order chi connectivity index (χ1) is 11.1. The van der Waals surface area contributed by atoms with E-state index in [0.717, 1.165) is 29.8 Å². The van der Waals surface area contributed by atoms with Crippen molar-refractivity contribution >= 4 is 17.6 Å². The van der Waals surface area contributed by atoms with Gasteiger partial charge in [0.05, 0.1) is 6.42 Å². The van der Waals surface area contributed by atoms with Crippen LogP contribution in [0.1, 0.15) is 24.0 Å². The fourth-order valence-electron chi connectivity index (χ4n) is 2.66. The summed E-state index contributed by atoms with van der Waals surface area (Å²) >= 11 is 0. The summed E-state index contributed by atoms with van der Waals surface area (Å²) in [4.78, 5) is 25.4. The molecule has 0 bridgehead atoms. The number of rotatable bonds is 4. The van der Waals surface area contributed by atoms with Gasteiger partial charge in [0.15, 0.2) is 0 Å². The minimum absolute atomic E-state index is 0.147. The molecule has 0 unspecified atom stereocenters. The van der Waals surface area contributed by atoms with Crippen LogP contribution in [-0.2, 0) is 16.0 Å². The molecule has 0 aromatic heterocycles. The molecule has 3 rings (SSSR count). The summed E-state index contributed by atoms with van der Waals surface area (Å²) in [6.07, 6.45) is 1.74. The average molecular weight is 309 g/mol.